The molecule has 2 N–H and O–H groups in total. The SMILES string of the molecule is CCN1CCN(Cc2ccc(CNC(=O)CCC3CCNCC3)cc2)CC1. The van der Waals surface area contributed by atoms with Crippen molar-refractivity contribution in [1.82, 2.24) is 20.4 Å². The van der Waals surface area contributed by atoms with Gasteiger partial charge in [0.1, 0.15) is 0 Å². The molecule has 2 saturated heterocycles. The molecule has 1 amide bonds. The van der Waals surface area contributed by atoms with Crippen LogP contribution in [0.15, 0.2) is 24.3 Å². The number of hydrogen-bond acceptors (Lipinski definition) is 4. The minimum atomic E-state index is 0.186. The molecule has 0 unspecified atom stereocenters. The topological polar surface area (TPSA) is 47.6 Å². The van der Waals surface area contributed by atoms with E-state index in [1.165, 1.54) is 37.1 Å². The summed E-state index contributed by atoms with van der Waals surface area (Å²) in [7, 11) is 0. The molecule has 2 heterocycles. The standard InChI is InChI=1S/C22H36N4O/c1-2-25-13-15-26(16-14-25)18-21-5-3-20(4-6-21)17-24-22(27)8-7-19-9-11-23-12-10-19/h3-6,19,23H,2,7-18H2,1H3,(H,24,27). The van der Waals surface area contributed by atoms with Gasteiger partial charge in [-0.3, -0.25) is 9.69 Å². The molecule has 1 aromatic carbocycles. The van der Waals surface area contributed by atoms with Gasteiger partial charge in [-0.25, -0.2) is 0 Å². The molecule has 0 saturated carbocycles. The Bertz CT molecular complexity index is 560. The maximum atomic E-state index is 12.1. The third-order valence-corrected chi connectivity index (χ3v) is 6.07. The van der Waals surface area contributed by atoms with Crippen LogP contribution >= 0.6 is 0 Å². The smallest absolute Gasteiger partial charge is 0.220 e. The molecule has 2 fully saturated rings. The van der Waals surface area contributed by atoms with E-state index in [1.807, 2.05) is 0 Å². The van der Waals surface area contributed by atoms with E-state index in [4.69, 9.17) is 0 Å². The second kappa shape index (κ2) is 10.8. The Morgan fingerprint density at radius 3 is 2.33 bits per heavy atom. The van der Waals surface area contributed by atoms with Crippen molar-refractivity contribution in [2.75, 3.05) is 45.8 Å². The summed E-state index contributed by atoms with van der Waals surface area (Å²) >= 11 is 0. The van der Waals surface area contributed by atoms with Gasteiger partial charge in [-0.1, -0.05) is 31.2 Å². The van der Waals surface area contributed by atoms with Crippen LogP contribution < -0.4 is 10.6 Å². The lowest BCUT2D eigenvalue weighted by atomic mass is 9.93. The molecule has 3 rings (SSSR count). The molecule has 150 valence electrons. The van der Waals surface area contributed by atoms with Crippen LogP contribution in [0.1, 0.15) is 43.7 Å². The second-order valence-electron chi connectivity index (χ2n) is 8.04. The number of piperidine rings is 1. The van der Waals surface area contributed by atoms with Crippen molar-refractivity contribution in [2.45, 2.75) is 45.7 Å². The Morgan fingerprint density at radius 1 is 1.04 bits per heavy atom. The van der Waals surface area contributed by atoms with Crippen LogP contribution in [0.2, 0.25) is 0 Å². The van der Waals surface area contributed by atoms with E-state index >= 15 is 0 Å². The van der Waals surface area contributed by atoms with Gasteiger partial charge in [-0.2, -0.15) is 0 Å². The number of carbonyl (C=O) groups is 1. The summed E-state index contributed by atoms with van der Waals surface area (Å²) < 4.78 is 0. The van der Waals surface area contributed by atoms with Gasteiger partial charge in [0.15, 0.2) is 0 Å². The van der Waals surface area contributed by atoms with E-state index in [1.54, 1.807) is 0 Å². The first-order valence-corrected chi connectivity index (χ1v) is 10.7. The molecule has 1 aromatic rings. The Morgan fingerprint density at radius 2 is 1.67 bits per heavy atom. The highest BCUT2D eigenvalue weighted by Gasteiger charge is 2.16. The van der Waals surface area contributed by atoms with E-state index in [0.29, 0.717) is 13.0 Å². The van der Waals surface area contributed by atoms with Crippen molar-refractivity contribution in [2.24, 2.45) is 5.92 Å². The fourth-order valence-electron chi connectivity index (χ4n) is 4.08. The van der Waals surface area contributed by atoms with Gasteiger partial charge in [-0.15, -0.1) is 0 Å². The monoisotopic (exact) mass is 372 g/mol. The largest absolute Gasteiger partial charge is 0.352 e. The van der Waals surface area contributed by atoms with Crippen LogP contribution in [0.25, 0.3) is 0 Å². The summed E-state index contributed by atoms with van der Waals surface area (Å²) in [4.78, 5) is 17.1. The first kappa shape index (κ1) is 20.3. The van der Waals surface area contributed by atoms with Crippen LogP contribution in [0, 0.1) is 5.92 Å². The van der Waals surface area contributed by atoms with Crippen molar-refractivity contribution in [3.05, 3.63) is 35.4 Å². The summed E-state index contributed by atoms with van der Waals surface area (Å²) in [5, 5.41) is 6.46. The van der Waals surface area contributed by atoms with Gasteiger partial charge in [0.05, 0.1) is 0 Å². The summed E-state index contributed by atoms with van der Waals surface area (Å²) in [6.45, 7) is 11.9. The normalized spacial score (nSPS) is 19.9. The molecule has 0 aromatic heterocycles. The fraction of sp³-hybridized carbons (Fsp3) is 0.682. The van der Waals surface area contributed by atoms with Gasteiger partial charge in [0.2, 0.25) is 5.91 Å². The minimum Gasteiger partial charge on any atom is -0.352 e. The van der Waals surface area contributed by atoms with Crippen LogP contribution in [-0.2, 0) is 17.9 Å². The summed E-state index contributed by atoms with van der Waals surface area (Å²) in [6.07, 6.45) is 4.11. The van der Waals surface area contributed by atoms with Gasteiger partial charge < -0.3 is 15.5 Å². The first-order valence-electron chi connectivity index (χ1n) is 10.7. The number of amides is 1. The summed E-state index contributed by atoms with van der Waals surface area (Å²) in [5.41, 5.74) is 2.55. The molecule has 0 radical (unpaired) electrons. The Kier molecular flexibility index (Phi) is 8.11. The molecular formula is C22H36N4O. The highest BCUT2D eigenvalue weighted by atomic mass is 16.1. The van der Waals surface area contributed by atoms with Crippen LogP contribution in [0.4, 0.5) is 0 Å². The molecule has 0 spiro atoms. The number of benzene rings is 1. The third kappa shape index (κ3) is 6.91. The lowest BCUT2D eigenvalue weighted by Gasteiger charge is -2.34. The molecular weight excluding hydrogens is 336 g/mol. The van der Waals surface area contributed by atoms with E-state index in [9.17, 15) is 4.79 Å². The number of nitrogens with one attached hydrogen (secondary N) is 2. The molecule has 0 bridgehead atoms. The molecule has 2 aliphatic rings. The predicted molar refractivity (Wildman–Crippen MR) is 111 cm³/mol. The van der Waals surface area contributed by atoms with Gasteiger partial charge >= 0.3 is 0 Å². The number of carbonyl (C=O) groups excluding carboxylic acids is 1. The lowest BCUT2D eigenvalue weighted by Crippen LogP contribution is -2.45. The Hall–Kier alpha value is -1.43. The Labute approximate surface area is 164 Å². The number of piperazine rings is 1. The summed E-state index contributed by atoms with van der Waals surface area (Å²) in [6, 6.07) is 8.74. The molecule has 5 heteroatoms. The van der Waals surface area contributed by atoms with E-state index in [-0.39, 0.29) is 5.91 Å². The summed E-state index contributed by atoms with van der Waals surface area (Å²) in [5.74, 6) is 0.905. The maximum absolute atomic E-state index is 12.1. The van der Waals surface area contributed by atoms with Crippen LogP contribution in [-0.4, -0.2) is 61.5 Å². The molecule has 27 heavy (non-hydrogen) atoms. The van der Waals surface area contributed by atoms with Gasteiger partial charge in [-0.05, 0) is 55.9 Å². The number of hydrogen-bond donors (Lipinski definition) is 2. The van der Waals surface area contributed by atoms with E-state index < -0.39 is 0 Å². The van der Waals surface area contributed by atoms with E-state index in [0.717, 1.165) is 51.6 Å². The highest BCUT2D eigenvalue weighted by molar-refractivity contribution is 5.75. The predicted octanol–water partition coefficient (Wildman–Crippen LogP) is 2.22. The quantitative estimate of drug-likeness (QED) is 0.735. The average Bonchev–Trinajstić information content (AvgIpc) is 2.73. The van der Waals surface area contributed by atoms with Crippen LogP contribution in [0.5, 0.6) is 0 Å². The number of nitrogens with zero attached hydrogens (tertiary/aromatic N) is 2. The van der Waals surface area contributed by atoms with Gasteiger partial charge in [0, 0.05) is 45.7 Å². The first-order chi connectivity index (χ1) is 13.2. The lowest BCUT2D eigenvalue weighted by molar-refractivity contribution is -0.121. The molecule has 5 nitrogen and oxygen atoms in total. The fourth-order valence-corrected chi connectivity index (χ4v) is 4.08. The number of rotatable bonds is 8. The highest BCUT2D eigenvalue weighted by Crippen LogP contribution is 2.17. The third-order valence-electron chi connectivity index (χ3n) is 6.07. The number of likely N-dealkylation sites (N-methyl/N-ethyl adjacent to an activating group) is 1. The van der Waals surface area contributed by atoms with Crippen molar-refractivity contribution >= 4 is 5.91 Å². The van der Waals surface area contributed by atoms with Crippen molar-refractivity contribution < 1.29 is 4.79 Å². The molecule has 2 aliphatic heterocycles. The van der Waals surface area contributed by atoms with E-state index in [2.05, 4.69) is 51.6 Å². The zero-order valence-electron chi connectivity index (χ0n) is 16.9. The molecule has 0 atom stereocenters. The van der Waals surface area contributed by atoms with Gasteiger partial charge in [0.25, 0.3) is 0 Å². The Balaban J connectivity index is 1.34. The van der Waals surface area contributed by atoms with Crippen molar-refractivity contribution in [1.29, 1.82) is 0 Å². The van der Waals surface area contributed by atoms with Crippen LogP contribution in [0.3, 0.4) is 0 Å². The maximum Gasteiger partial charge on any atom is 0.220 e. The molecule has 0 aliphatic carbocycles. The average molecular weight is 373 g/mol. The van der Waals surface area contributed by atoms with Crippen molar-refractivity contribution in [3.63, 3.8) is 0 Å². The van der Waals surface area contributed by atoms with Crippen molar-refractivity contribution in [3.8, 4) is 0 Å². The zero-order valence-corrected chi connectivity index (χ0v) is 16.9. The second-order valence-corrected chi connectivity index (χ2v) is 8.04. The zero-order chi connectivity index (χ0) is 18.9. The minimum absolute atomic E-state index is 0.186.